The molecular weight excluding hydrogens is 631 g/mol. The summed E-state index contributed by atoms with van der Waals surface area (Å²) in [5, 5.41) is 0. The molecule has 5 aliphatic carbocycles. The topological polar surface area (TPSA) is 0 Å². The molecular formula is C39H46Cl2Zr-2. The molecule has 0 saturated heterocycles. The van der Waals surface area contributed by atoms with Crippen LogP contribution in [0.25, 0.3) is 23.3 Å². The Bertz CT molecular complexity index is 1370. The van der Waals surface area contributed by atoms with E-state index in [1.54, 1.807) is 27.4 Å². The van der Waals surface area contributed by atoms with Crippen LogP contribution in [0.4, 0.5) is 0 Å². The van der Waals surface area contributed by atoms with Gasteiger partial charge in [-0.2, -0.15) is 17.2 Å². The van der Waals surface area contributed by atoms with E-state index >= 15 is 0 Å². The maximum absolute atomic E-state index is 3.50. The second-order valence-corrected chi connectivity index (χ2v) is 16.2. The molecule has 1 fully saturated rings. The summed E-state index contributed by atoms with van der Waals surface area (Å²) in [6, 6.07) is 9.66. The first-order chi connectivity index (χ1) is 18.7. The van der Waals surface area contributed by atoms with Crippen LogP contribution in [-0.2, 0) is 41.5 Å². The number of rotatable bonds is 0. The molecule has 0 amide bonds. The molecule has 5 aliphatic rings. The molecule has 0 heterocycles. The monoisotopic (exact) mass is 674 g/mol. The van der Waals surface area contributed by atoms with Gasteiger partial charge >= 0.3 is 59.5 Å². The Hall–Kier alpha value is -1.27. The number of fused-ring (bicyclic) bond motifs is 5. The molecule has 222 valence electrons. The molecule has 0 bridgehead atoms. The van der Waals surface area contributed by atoms with Crippen molar-refractivity contribution in [3.63, 3.8) is 0 Å². The van der Waals surface area contributed by atoms with Crippen molar-refractivity contribution in [3.8, 4) is 11.1 Å². The Morgan fingerprint density at radius 1 is 0.810 bits per heavy atom. The Morgan fingerprint density at radius 3 is 1.90 bits per heavy atom. The van der Waals surface area contributed by atoms with Gasteiger partial charge in [-0.05, 0) is 45.9 Å². The van der Waals surface area contributed by atoms with E-state index in [-0.39, 0.29) is 35.6 Å². The second-order valence-electron chi connectivity index (χ2n) is 14.5. The van der Waals surface area contributed by atoms with Gasteiger partial charge in [-0.3, -0.25) is 12.2 Å². The van der Waals surface area contributed by atoms with E-state index in [2.05, 4.69) is 122 Å². The Morgan fingerprint density at radius 2 is 1.40 bits per heavy atom. The summed E-state index contributed by atoms with van der Waals surface area (Å²) in [5.41, 5.74) is 13.4. The first-order valence-corrected chi connectivity index (χ1v) is 16.5. The second kappa shape index (κ2) is 13.4. The predicted molar refractivity (Wildman–Crippen MR) is 170 cm³/mol. The fourth-order valence-electron chi connectivity index (χ4n) is 6.43. The van der Waals surface area contributed by atoms with Gasteiger partial charge in [-0.25, -0.2) is 12.2 Å². The molecule has 42 heavy (non-hydrogen) atoms. The summed E-state index contributed by atoms with van der Waals surface area (Å²) in [6.45, 7) is 18.0. The summed E-state index contributed by atoms with van der Waals surface area (Å²) in [5.74, 6) is 0.522. The predicted octanol–water partition coefficient (Wildman–Crippen LogP) is 4.32. The number of hydrogen-bond donors (Lipinski definition) is 0. The third-order valence-corrected chi connectivity index (χ3v) is 10.3. The van der Waals surface area contributed by atoms with Gasteiger partial charge in [-0.1, -0.05) is 96.4 Å². The fourth-order valence-corrected chi connectivity index (χ4v) is 7.30. The molecule has 0 radical (unpaired) electrons. The molecule has 0 nitrogen and oxygen atoms in total. The van der Waals surface area contributed by atoms with E-state index in [0.717, 1.165) is 6.42 Å². The molecule has 0 aliphatic heterocycles. The van der Waals surface area contributed by atoms with Gasteiger partial charge in [0, 0.05) is 5.41 Å². The number of halogens is 2. The van der Waals surface area contributed by atoms with Crippen LogP contribution in [0.5, 0.6) is 0 Å². The molecule has 2 aromatic rings. The molecule has 1 saturated carbocycles. The van der Waals surface area contributed by atoms with Crippen molar-refractivity contribution in [1.82, 2.24) is 0 Å². The first-order valence-electron chi connectivity index (χ1n) is 15.3. The minimum absolute atomic E-state index is 0. The van der Waals surface area contributed by atoms with Crippen molar-refractivity contribution < 1.29 is 49.0 Å². The summed E-state index contributed by atoms with van der Waals surface area (Å²) < 4.78 is 1.80. The molecule has 0 aromatic heterocycles. The van der Waals surface area contributed by atoms with Gasteiger partial charge < -0.3 is 24.8 Å². The van der Waals surface area contributed by atoms with Crippen LogP contribution in [-0.4, -0.2) is 3.21 Å². The summed E-state index contributed by atoms with van der Waals surface area (Å²) in [7, 11) is 0. The number of hydrogen-bond acceptors (Lipinski definition) is 0. The van der Waals surface area contributed by atoms with Crippen LogP contribution in [0, 0.1) is 23.5 Å². The minimum atomic E-state index is 0. The number of allylic oxidation sites excluding steroid dienone is 6. The van der Waals surface area contributed by atoms with Gasteiger partial charge in [0.15, 0.2) is 0 Å². The maximum atomic E-state index is 3.50. The van der Waals surface area contributed by atoms with Gasteiger partial charge in [0.1, 0.15) is 0 Å². The molecule has 7 rings (SSSR count). The molecule has 0 spiro atoms. The Balaban J connectivity index is 0.000000213. The average Bonchev–Trinajstić information content (AvgIpc) is 3.63. The molecule has 0 N–H and O–H groups in total. The molecule has 2 aromatic carbocycles. The molecule has 1 unspecified atom stereocenters. The van der Waals surface area contributed by atoms with Crippen LogP contribution in [0.15, 0.2) is 48.1 Å². The zero-order valence-corrected chi connectivity index (χ0v) is 30.7. The Kier molecular flexibility index (Phi) is 11.2. The molecule has 3 heteroatoms. The van der Waals surface area contributed by atoms with Crippen LogP contribution in [0.1, 0.15) is 121 Å². The van der Waals surface area contributed by atoms with Gasteiger partial charge in [0.05, 0.1) is 0 Å². The summed E-state index contributed by atoms with van der Waals surface area (Å²) in [6.07, 6.45) is 26.3. The average molecular weight is 677 g/mol. The van der Waals surface area contributed by atoms with Crippen LogP contribution >= 0.6 is 0 Å². The van der Waals surface area contributed by atoms with Gasteiger partial charge in [-0.15, -0.1) is 11.6 Å². The van der Waals surface area contributed by atoms with Crippen molar-refractivity contribution in [3.05, 3.63) is 93.6 Å². The van der Waals surface area contributed by atoms with E-state index in [1.807, 2.05) is 0 Å². The van der Waals surface area contributed by atoms with E-state index in [1.165, 1.54) is 82.2 Å². The Labute approximate surface area is 283 Å². The molecule has 1 atom stereocenters. The fraction of sp³-hybridized carbons (Fsp3) is 0.462. The van der Waals surface area contributed by atoms with Crippen molar-refractivity contribution in [2.24, 2.45) is 11.3 Å². The number of benzene rings is 2. The zero-order valence-electron chi connectivity index (χ0n) is 26.8. The first kappa shape index (κ1) is 35.2. The van der Waals surface area contributed by atoms with Crippen molar-refractivity contribution in [1.29, 1.82) is 0 Å². The van der Waals surface area contributed by atoms with Gasteiger partial charge in [0.25, 0.3) is 0 Å². The van der Waals surface area contributed by atoms with E-state index in [0.29, 0.717) is 11.3 Å². The normalized spacial score (nSPS) is 21.0. The third-order valence-electron chi connectivity index (χ3n) is 9.11. The van der Waals surface area contributed by atoms with Crippen LogP contribution < -0.4 is 24.8 Å². The van der Waals surface area contributed by atoms with Crippen molar-refractivity contribution in [2.45, 2.75) is 105 Å². The van der Waals surface area contributed by atoms with Crippen LogP contribution in [0.3, 0.4) is 0 Å². The zero-order chi connectivity index (χ0) is 28.9. The standard InChI is InChI=1S/C23H21.C10H15.C6H10.2ClH.Zr/c1-22(2)7-5-14-10-18-16(12-20(14)22)9-17-13-21-15(11-19(17)18)6-8-23(21,3)4;1-8-5-6-9(7-8)10(2,3)4;1-2-4-6-5-3-1;;;/h5-7,10-13H,9H2,1-4H3;6-8H,1-4H3;1-5H2;2*1H;/q2*-1;;;;+2/p-2. The van der Waals surface area contributed by atoms with Crippen molar-refractivity contribution >= 4 is 15.4 Å². The van der Waals surface area contributed by atoms with E-state index in [4.69, 9.17) is 0 Å². The van der Waals surface area contributed by atoms with E-state index in [9.17, 15) is 0 Å². The SMILES string of the molecule is CC1(C)[C-]=Cc2cc3c(cc21)Cc1cc2c(cc1-3)C=CC2(C)C.CC1[C-]=CC(C(C)(C)C)=C1.[Cl-].[Cl-].[Zr+2]=[C]1CCCCC1. The van der Waals surface area contributed by atoms with E-state index < -0.39 is 0 Å². The summed E-state index contributed by atoms with van der Waals surface area (Å²) >= 11 is 1.69. The van der Waals surface area contributed by atoms with Gasteiger partial charge in [0.2, 0.25) is 0 Å². The van der Waals surface area contributed by atoms with Crippen molar-refractivity contribution in [2.75, 3.05) is 0 Å². The third kappa shape index (κ3) is 7.50. The van der Waals surface area contributed by atoms with Crippen LogP contribution in [0.2, 0.25) is 0 Å². The quantitative estimate of drug-likeness (QED) is 0.312. The summed E-state index contributed by atoms with van der Waals surface area (Å²) in [4.78, 5) is 0.